The lowest BCUT2D eigenvalue weighted by Gasteiger charge is -2.23. The van der Waals surface area contributed by atoms with E-state index in [0.29, 0.717) is 6.04 Å². The van der Waals surface area contributed by atoms with Gasteiger partial charge < -0.3 is 15.6 Å². The molecule has 1 atom stereocenters. The van der Waals surface area contributed by atoms with Gasteiger partial charge in [-0.05, 0) is 32.4 Å². The fourth-order valence-electron chi connectivity index (χ4n) is 2.19. The molecule has 0 saturated carbocycles. The van der Waals surface area contributed by atoms with Crippen LogP contribution in [-0.2, 0) is 6.42 Å². The van der Waals surface area contributed by atoms with Crippen LogP contribution in [0.1, 0.15) is 31.5 Å². The molecule has 16 heavy (non-hydrogen) atoms. The summed E-state index contributed by atoms with van der Waals surface area (Å²) in [6.07, 6.45) is 9.94. The van der Waals surface area contributed by atoms with Crippen LogP contribution in [0.2, 0.25) is 0 Å². The highest BCUT2D eigenvalue weighted by molar-refractivity contribution is 4.86. The van der Waals surface area contributed by atoms with Gasteiger partial charge in [-0.3, -0.25) is 0 Å². The predicted molar refractivity (Wildman–Crippen MR) is 65.4 cm³/mol. The summed E-state index contributed by atoms with van der Waals surface area (Å²) in [6, 6.07) is 0.692. The van der Waals surface area contributed by atoms with Crippen molar-refractivity contribution in [1.82, 2.24) is 20.6 Å². The summed E-state index contributed by atoms with van der Waals surface area (Å²) in [7, 11) is 0. The normalized spacial score (nSPS) is 21.1. The van der Waals surface area contributed by atoms with Crippen molar-refractivity contribution < 1.29 is 0 Å². The van der Waals surface area contributed by atoms with E-state index in [1.165, 1.54) is 25.8 Å². The molecule has 4 heteroatoms. The van der Waals surface area contributed by atoms with E-state index in [2.05, 4.69) is 20.6 Å². The first-order valence-corrected chi connectivity index (χ1v) is 6.37. The Kier molecular flexibility index (Phi) is 4.83. The minimum atomic E-state index is 0.692. The molecule has 0 amide bonds. The molecule has 1 aromatic heterocycles. The molecule has 0 aromatic carbocycles. The van der Waals surface area contributed by atoms with Crippen molar-refractivity contribution in [2.45, 2.75) is 38.1 Å². The van der Waals surface area contributed by atoms with Gasteiger partial charge in [0.05, 0.1) is 0 Å². The van der Waals surface area contributed by atoms with Crippen LogP contribution in [0.5, 0.6) is 0 Å². The maximum Gasteiger partial charge on any atom is 0.106 e. The number of hydrogen-bond acceptors (Lipinski definition) is 3. The van der Waals surface area contributed by atoms with Gasteiger partial charge in [0.25, 0.3) is 0 Å². The largest absolute Gasteiger partial charge is 0.349 e. The first-order valence-electron chi connectivity index (χ1n) is 6.37. The van der Waals surface area contributed by atoms with Gasteiger partial charge >= 0.3 is 0 Å². The monoisotopic (exact) mass is 222 g/mol. The molecule has 1 fully saturated rings. The van der Waals surface area contributed by atoms with Gasteiger partial charge in [0.15, 0.2) is 0 Å². The van der Waals surface area contributed by atoms with E-state index < -0.39 is 0 Å². The Hall–Kier alpha value is -0.870. The first-order chi connectivity index (χ1) is 7.95. The van der Waals surface area contributed by atoms with Crippen LogP contribution >= 0.6 is 0 Å². The summed E-state index contributed by atoms with van der Waals surface area (Å²) in [4.78, 5) is 7.33. The maximum atomic E-state index is 4.21. The lowest BCUT2D eigenvalue weighted by Crippen LogP contribution is -2.41. The molecule has 0 radical (unpaired) electrons. The molecule has 0 bridgehead atoms. The number of nitrogens with one attached hydrogen (secondary N) is 3. The van der Waals surface area contributed by atoms with E-state index in [9.17, 15) is 0 Å². The van der Waals surface area contributed by atoms with Gasteiger partial charge in [-0.15, -0.1) is 0 Å². The predicted octanol–water partition coefficient (Wildman–Crippen LogP) is 1.07. The number of piperidine rings is 1. The molecule has 1 aromatic rings. The summed E-state index contributed by atoms with van der Waals surface area (Å²) in [5.74, 6) is 1.09. The number of nitrogens with zero attached hydrogens (tertiary/aromatic N) is 1. The van der Waals surface area contributed by atoms with Gasteiger partial charge in [0.1, 0.15) is 5.82 Å². The van der Waals surface area contributed by atoms with Crippen molar-refractivity contribution in [1.29, 1.82) is 0 Å². The molecule has 1 saturated heterocycles. The van der Waals surface area contributed by atoms with Crippen LogP contribution in [0.4, 0.5) is 0 Å². The third-order valence-corrected chi connectivity index (χ3v) is 3.13. The van der Waals surface area contributed by atoms with E-state index in [0.717, 1.165) is 31.8 Å². The molecular weight excluding hydrogens is 200 g/mol. The topological polar surface area (TPSA) is 52.7 Å². The van der Waals surface area contributed by atoms with Crippen molar-refractivity contribution in [2.75, 3.05) is 19.6 Å². The van der Waals surface area contributed by atoms with E-state index in [1.54, 1.807) is 0 Å². The Balaban J connectivity index is 1.48. The summed E-state index contributed by atoms with van der Waals surface area (Å²) in [5, 5.41) is 7.06. The Bertz CT molecular complexity index is 265. The molecule has 4 nitrogen and oxygen atoms in total. The molecule has 1 aliphatic rings. The van der Waals surface area contributed by atoms with Crippen LogP contribution in [0.3, 0.4) is 0 Å². The molecule has 0 spiro atoms. The van der Waals surface area contributed by atoms with Gasteiger partial charge in [-0.1, -0.05) is 6.42 Å². The van der Waals surface area contributed by atoms with Crippen molar-refractivity contribution in [3.05, 3.63) is 18.2 Å². The third kappa shape index (κ3) is 3.94. The van der Waals surface area contributed by atoms with Crippen LogP contribution < -0.4 is 10.6 Å². The van der Waals surface area contributed by atoms with Crippen LogP contribution in [0.25, 0.3) is 0 Å². The lowest BCUT2D eigenvalue weighted by molar-refractivity contribution is 0.383. The minimum absolute atomic E-state index is 0.692. The number of imidazole rings is 1. The van der Waals surface area contributed by atoms with E-state index >= 15 is 0 Å². The molecule has 2 heterocycles. The zero-order valence-electron chi connectivity index (χ0n) is 9.84. The van der Waals surface area contributed by atoms with Crippen LogP contribution in [-0.4, -0.2) is 35.6 Å². The summed E-state index contributed by atoms with van der Waals surface area (Å²) in [6.45, 7) is 3.38. The number of rotatable bonds is 6. The Labute approximate surface area is 97.2 Å². The lowest BCUT2D eigenvalue weighted by atomic mass is 10.1. The molecule has 0 aliphatic carbocycles. The van der Waals surface area contributed by atoms with Crippen LogP contribution in [0, 0.1) is 0 Å². The fraction of sp³-hybridized carbons (Fsp3) is 0.750. The number of aromatic amines is 1. The molecule has 3 N–H and O–H groups in total. The maximum absolute atomic E-state index is 4.21. The van der Waals surface area contributed by atoms with Crippen LogP contribution in [0.15, 0.2) is 12.4 Å². The highest BCUT2D eigenvalue weighted by atomic mass is 15.0. The van der Waals surface area contributed by atoms with Gasteiger partial charge in [-0.25, -0.2) is 4.98 Å². The zero-order chi connectivity index (χ0) is 11.1. The van der Waals surface area contributed by atoms with Crippen molar-refractivity contribution in [3.63, 3.8) is 0 Å². The summed E-state index contributed by atoms with van der Waals surface area (Å²) in [5.41, 5.74) is 0. The number of H-pyrrole nitrogens is 1. The van der Waals surface area contributed by atoms with E-state index in [1.807, 2.05) is 12.4 Å². The number of aromatic nitrogens is 2. The average molecular weight is 222 g/mol. The SMILES string of the molecule is c1c[nH]c(CCCNCC2CCCCN2)n1. The smallest absolute Gasteiger partial charge is 0.106 e. The standard InChI is InChI=1S/C12H22N4/c1-2-7-14-11(4-1)10-13-6-3-5-12-15-8-9-16-12/h8-9,11,13-14H,1-7,10H2,(H,15,16). The van der Waals surface area contributed by atoms with Gasteiger partial charge in [0, 0.05) is 31.4 Å². The molecular formula is C12H22N4. The average Bonchev–Trinajstić information content (AvgIpc) is 2.83. The second-order valence-corrected chi connectivity index (χ2v) is 4.49. The highest BCUT2D eigenvalue weighted by Crippen LogP contribution is 2.05. The van der Waals surface area contributed by atoms with Crippen molar-refractivity contribution >= 4 is 0 Å². The Morgan fingerprint density at radius 3 is 3.19 bits per heavy atom. The highest BCUT2D eigenvalue weighted by Gasteiger charge is 2.10. The molecule has 90 valence electrons. The van der Waals surface area contributed by atoms with Gasteiger partial charge in [-0.2, -0.15) is 0 Å². The zero-order valence-corrected chi connectivity index (χ0v) is 9.84. The second kappa shape index (κ2) is 6.66. The molecule has 2 rings (SSSR count). The Morgan fingerprint density at radius 1 is 1.44 bits per heavy atom. The van der Waals surface area contributed by atoms with E-state index in [4.69, 9.17) is 0 Å². The molecule has 1 unspecified atom stereocenters. The minimum Gasteiger partial charge on any atom is -0.349 e. The fourth-order valence-corrected chi connectivity index (χ4v) is 2.19. The van der Waals surface area contributed by atoms with Crippen molar-refractivity contribution in [3.8, 4) is 0 Å². The van der Waals surface area contributed by atoms with Gasteiger partial charge in [0.2, 0.25) is 0 Å². The summed E-state index contributed by atoms with van der Waals surface area (Å²) >= 11 is 0. The number of aryl methyl sites for hydroxylation is 1. The third-order valence-electron chi connectivity index (χ3n) is 3.13. The quantitative estimate of drug-likeness (QED) is 0.631. The Morgan fingerprint density at radius 2 is 2.44 bits per heavy atom. The second-order valence-electron chi connectivity index (χ2n) is 4.49. The van der Waals surface area contributed by atoms with Crippen molar-refractivity contribution in [2.24, 2.45) is 0 Å². The number of hydrogen-bond donors (Lipinski definition) is 3. The first kappa shape index (κ1) is 11.6. The summed E-state index contributed by atoms with van der Waals surface area (Å²) < 4.78 is 0. The molecule has 1 aliphatic heterocycles. The van der Waals surface area contributed by atoms with E-state index in [-0.39, 0.29) is 0 Å².